The average Bonchev–Trinajstić information content (AvgIpc) is 2.21. The van der Waals surface area contributed by atoms with Crippen LogP contribution in [0.4, 0.5) is 0 Å². The third kappa shape index (κ3) is 3.76. The summed E-state index contributed by atoms with van der Waals surface area (Å²) in [6.07, 6.45) is 4.59. The Hall–Kier alpha value is -0.610. The topological polar surface area (TPSA) is 66.6 Å². The Morgan fingerprint density at radius 3 is 2.44 bits per heavy atom. The second-order valence-corrected chi connectivity index (χ2v) is 4.85. The number of carboxylic acids is 1. The molecule has 0 spiro atoms. The van der Waals surface area contributed by atoms with Crippen molar-refractivity contribution in [3.8, 4) is 0 Å². The maximum atomic E-state index is 10.7. The van der Waals surface area contributed by atoms with E-state index in [1.165, 1.54) is 0 Å². The Balaban J connectivity index is 2.49. The molecule has 4 heteroatoms. The fraction of sp³-hybridized carbons (Fsp3) is 0.917. The normalized spacial score (nSPS) is 28.0. The number of carboxylic acid groups (broad SMARTS) is 1. The van der Waals surface area contributed by atoms with E-state index in [-0.39, 0.29) is 12.5 Å². The molecule has 0 aliphatic heterocycles. The van der Waals surface area contributed by atoms with Crippen LogP contribution in [0.5, 0.6) is 0 Å². The first-order valence-corrected chi connectivity index (χ1v) is 6.27. The number of hydrogen-bond donors (Lipinski definition) is 2. The van der Waals surface area contributed by atoms with Crippen LogP contribution in [0.2, 0.25) is 0 Å². The highest BCUT2D eigenvalue weighted by molar-refractivity contribution is 5.67. The van der Waals surface area contributed by atoms with Crippen molar-refractivity contribution in [2.24, 2.45) is 5.73 Å². The molecule has 0 aromatic heterocycles. The van der Waals surface area contributed by atoms with E-state index >= 15 is 0 Å². The number of hydrogen-bond acceptors (Lipinski definition) is 3. The Morgan fingerprint density at radius 1 is 1.44 bits per heavy atom. The summed E-state index contributed by atoms with van der Waals surface area (Å²) < 4.78 is 0. The van der Waals surface area contributed by atoms with E-state index in [4.69, 9.17) is 10.8 Å². The maximum Gasteiger partial charge on any atom is 0.304 e. The van der Waals surface area contributed by atoms with Crippen molar-refractivity contribution in [1.29, 1.82) is 0 Å². The molecule has 0 saturated heterocycles. The van der Waals surface area contributed by atoms with Crippen molar-refractivity contribution in [3.05, 3.63) is 0 Å². The quantitative estimate of drug-likeness (QED) is 0.747. The number of nitrogens with zero attached hydrogens (tertiary/aromatic N) is 1. The van der Waals surface area contributed by atoms with Crippen LogP contribution >= 0.6 is 0 Å². The first-order valence-electron chi connectivity index (χ1n) is 6.27. The standard InChI is InChI=1S/C12H24N2O2/c1-3-14(9(2)8-12(15)16)11-6-4-10(13)5-7-11/h9-11H,3-8,13H2,1-2H3,(H,15,16). The molecule has 1 saturated carbocycles. The molecule has 1 aliphatic rings. The molecule has 1 rings (SSSR count). The lowest BCUT2D eigenvalue weighted by molar-refractivity contribution is -0.138. The monoisotopic (exact) mass is 228 g/mol. The van der Waals surface area contributed by atoms with E-state index in [1.807, 2.05) is 6.92 Å². The molecule has 0 heterocycles. The fourth-order valence-electron chi connectivity index (χ4n) is 2.73. The number of carbonyl (C=O) groups is 1. The molecule has 1 unspecified atom stereocenters. The average molecular weight is 228 g/mol. The van der Waals surface area contributed by atoms with E-state index in [0.717, 1.165) is 32.2 Å². The van der Waals surface area contributed by atoms with Gasteiger partial charge in [0, 0.05) is 18.1 Å². The molecule has 4 nitrogen and oxygen atoms in total. The molecular weight excluding hydrogens is 204 g/mol. The summed E-state index contributed by atoms with van der Waals surface area (Å²) in [5.74, 6) is -0.710. The van der Waals surface area contributed by atoms with Crippen LogP contribution < -0.4 is 5.73 Å². The Labute approximate surface area is 97.8 Å². The van der Waals surface area contributed by atoms with E-state index < -0.39 is 5.97 Å². The molecule has 16 heavy (non-hydrogen) atoms. The molecule has 0 aromatic rings. The van der Waals surface area contributed by atoms with Gasteiger partial charge in [-0.3, -0.25) is 9.69 Å². The minimum Gasteiger partial charge on any atom is -0.481 e. The Bertz CT molecular complexity index is 225. The van der Waals surface area contributed by atoms with Crippen molar-refractivity contribution in [3.63, 3.8) is 0 Å². The zero-order chi connectivity index (χ0) is 12.1. The van der Waals surface area contributed by atoms with Gasteiger partial charge in [0.15, 0.2) is 0 Å². The molecule has 1 aliphatic carbocycles. The minimum atomic E-state index is -0.710. The Kier molecular flexibility index (Phi) is 5.22. The van der Waals surface area contributed by atoms with Gasteiger partial charge in [-0.05, 0) is 39.2 Å². The third-order valence-corrected chi connectivity index (χ3v) is 3.61. The SMILES string of the molecule is CCN(C(C)CC(=O)O)C1CCC(N)CC1. The highest BCUT2D eigenvalue weighted by atomic mass is 16.4. The largest absolute Gasteiger partial charge is 0.481 e. The van der Waals surface area contributed by atoms with Crippen LogP contribution in [0.3, 0.4) is 0 Å². The van der Waals surface area contributed by atoms with Gasteiger partial charge in [-0.1, -0.05) is 6.92 Å². The first kappa shape index (κ1) is 13.5. The summed E-state index contributed by atoms with van der Waals surface area (Å²) in [5.41, 5.74) is 5.88. The molecule has 0 bridgehead atoms. The highest BCUT2D eigenvalue weighted by Gasteiger charge is 2.27. The summed E-state index contributed by atoms with van der Waals surface area (Å²) in [4.78, 5) is 13.0. The van der Waals surface area contributed by atoms with Crippen LogP contribution in [0.25, 0.3) is 0 Å². The van der Waals surface area contributed by atoms with Crippen LogP contribution in [-0.2, 0) is 4.79 Å². The van der Waals surface area contributed by atoms with Crippen molar-refractivity contribution in [2.45, 2.75) is 64.1 Å². The lowest BCUT2D eigenvalue weighted by Gasteiger charge is -2.38. The zero-order valence-corrected chi connectivity index (χ0v) is 10.4. The van der Waals surface area contributed by atoms with Gasteiger partial charge in [-0.15, -0.1) is 0 Å². The van der Waals surface area contributed by atoms with Crippen LogP contribution in [0.15, 0.2) is 0 Å². The summed E-state index contributed by atoms with van der Waals surface area (Å²) in [6.45, 7) is 5.04. The van der Waals surface area contributed by atoms with Crippen LogP contribution in [-0.4, -0.2) is 40.6 Å². The molecule has 1 fully saturated rings. The fourth-order valence-corrected chi connectivity index (χ4v) is 2.73. The molecular formula is C12H24N2O2. The molecule has 0 radical (unpaired) electrons. The van der Waals surface area contributed by atoms with Crippen molar-refractivity contribution >= 4 is 5.97 Å². The molecule has 1 atom stereocenters. The van der Waals surface area contributed by atoms with Gasteiger partial charge in [0.25, 0.3) is 0 Å². The van der Waals surface area contributed by atoms with E-state index in [9.17, 15) is 4.79 Å². The van der Waals surface area contributed by atoms with Gasteiger partial charge >= 0.3 is 5.97 Å². The summed E-state index contributed by atoms with van der Waals surface area (Å²) in [7, 11) is 0. The zero-order valence-electron chi connectivity index (χ0n) is 10.4. The van der Waals surface area contributed by atoms with E-state index in [2.05, 4.69) is 11.8 Å². The van der Waals surface area contributed by atoms with Crippen molar-refractivity contribution in [2.75, 3.05) is 6.54 Å². The van der Waals surface area contributed by atoms with Gasteiger partial charge in [-0.25, -0.2) is 0 Å². The first-order chi connectivity index (χ1) is 7.54. The lowest BCUT2D eigenvalue weighted by Crippen LogP contribution is -2.45. The second kappa shape index (κ2) is 6.21. The maximum absolute atomic E-state index is 10.7. The summed E-state index contributed by atoms with van der Waals surface area (Å²) >= 11 is 0. The lowest BCUT2D eigenvalue weighted by atomic mass is 9.90. The van der Waals surface area contributed by atoms with Gasteiger partial charge in [0.05, 0.1) is 6.42 Å². The highest BCUT2D eigenvalue weighted by Crippen LogP contribution is 2.24. The Morgan fingerprint density at radius 2 is 2.00 bits per heavy atom. The molecule has 0 amide bonds. The number of aliphatic carboxylic acids is 1. The summed E-state index contributed by atoms with van der Waals surface area (Å²) in [6, 6.07) is 1.01. The predicted octanol–water partition coefficient (Wildman–Crippen LogP) is 1.44. The molecule has 94 valence electrons. The van der Waals surface area contributed by atoms with Crippen molar-refractivity contribution < 1.29 is 9.90 Å². The van der Waals surface area contributed by atoms with Crippen molar-refractivity contribution in [1.82, 2.24) is 4.90 Å². The predicted molar refractivity (Wildman–Crippen MR) is 64.3 cm³/mol. The van der Waals surface area contributed by atoms with E-state index in [0.29, 0.717) is 12.1 Å². The van der Waals surface area contributed by atoms with Gasteiger partial charge in [-0.2, -0.15) is 0 Å². The molecule has 0 aromatic carbocycles. The van der Waals surface area contributed by atoms with Crippen LogP contribution in [0, 0.1) is 0 Å². The van der Waals surface area contributed by atoms with Gasteiger partial charge in [0.2, 0.25) is 0 Å². The number of rotatable bonds is 5. The number of nitrogens with two attached hydrogens (primary N) is 1. The third-order valence-electron chi connectivity index (χ3n) is 3.61. The van der Waals surface area contributed by atoms with E-state index in [1.54, 1.807) is 0 Å². The molecule has 3 N–H and O–H groups in total. The second-order valence-electron chi connectivity index (χ2n) is 4.85. The van der Waals surface area contributed by atoms with Gasteiger partial charge in [0.1, 0.15) is 0 Å². The summed E-state index contributed by atoms with van der Waals surface area (Å²) in [5, 5.41) is 8.82. The smallest absolute Gasteiger partial charge is 0.304 e. The van der Waals surface area contributed by atoms with Crippen LogP contribution in [0.1, 0.15) is 46.0 Å². The van der Waals surface area contributed by atoms with Gasteiger partial charge < -0.3 is 10.8 Å². The minimum absolute atomic E-state index is 0.127.